The number of amides is 1. The van der Waals surface area contributed by atoms with Crippen LogP contribution in [-0.2, 0) is 9.53 Å². The molecule has 27 heavy (non-hydrogen) atoms. The fraction of sp³-hybridized carbons (Fsp3) is 0.450. The normalized spacial score (nSPS) is 15.9. The second kappa shape index (κ2) is 8.85. The molecule has 1 aromatic heterocycles. The summed E-state index contributed by atoms with van der Waals surface area (Å²) in [7, 11) is 0. The molecule has 1 atom stereocenters. The lowest BCUT2D eigenvalue weighted by Gasteiger charge is -2.23. The number of aryl methyl sites for hydroxylation is 1. The first-order valence-electron chi connectivity index (χ1n) is 9.19. The molecule has 7 heteroatoms. The fourth-order valence-corrected chi connectivity index (χ4v) is 4.20. The number of ether oxygens (including phenoxy) is 1. The van der Waals surface area contributed by atoms with E-state index in [4.69, 9.17) is 16.3 Å². The summed E-state index contributed by atoms with van der Waals surface area (Å²) in [5.41, 5.74) is 1.49. The predicted molar refractivity (Wildman–Crippen MR) is 107 cm³/mol. The highest BCUT2D eigenvalue weighted by atomic mass is 35.5. The molecule has 2 aromatic rings. The van der Waals surface area contributed by atoms with E-state index in [1.165, 1.54) is 11.3 Å². The van der Waals surface area contributed by atoms with Crippen molar-refractivity contribution < 1.29 is 14.3 Å². The summed E-state index contributed by atoms with van der Waals surface area (Å²) in [6, 6.07) is 7.30. The Kier molecular flexibility index (Phi) is 6.50. The van der Waals surface area contributed by atoms with Gasteiger partial charge in [0.25, 0.3) is 5.91 Å². The maximum Gasteiger partial charge on any atom is 0.351 e. The molecular weight excluding hydrogens is 384 g/mol. The van der Waals surface area contributed by atoms with Crippen molar-refractivity contribution in [3.05, 3.63) is 39.9 Å². The highest BCUT2D eigenvalue weighted by Crippen LogP contribution is 2.29. The molecule has 1 fully saturated rings. The van der Waals surface area contributed by atoms with Gasteiger partial charge in [-0.05, 0) is 38.8 Å². The highest BCUT2D eigenvalue weighted by molar-refractivity contribution is 7.17. The van der Waals surface area contributed by atoms with Gasteiger partial charge in [-0.2, -0.15) is 0 Å². The molecule has 0 spiro atoms. The zero-order chi connectivity index (χ0) is 19.4. The average Bonchev–Trinajstić information content (AvgIpc) is 2.86. The predicted octanol–water partition coefficient (Wildman–Crippen LogP) is 4.72. The Morgan fingerprint density at radius 1 is 1.15 bits per heavy atom. The fourth-order valence-electron chi connectivity index (χ4n) is 3.11. The van der Waals surface area contributed by atoms with E-state index in [-0.39, 0.29) is 5.91 Å². The molecule has 0 saturated carbocycles. The summed E-state index contributed by atoms with van der Waals surface area (Å²) in [4.78, 5) is 31.9. The number of thiazole rings is 1. The van der Waals surface area contributed by atoms with Gasteiger partial charge in [0.2, 0.25) is 0 Å². The van der Waals surface area contributed by atoms with Crippen LogP contribution in [0, 0.1) is 6.92 Å². The molecule has 2 heterocycles. The molecule has 144 valence electrons. The standard InChI is InChI=1S/C20H23ClN2O3S/c1-13-17(27-18(22-13)15-7-9-16(21)10-8-15)20(25)26-14(2)19(24)23-11-5-3-4-6-12-23/h7-10,14H,3-6,11-12H2,1-2H3. The molecule has 1 amide bonds. The van der Waals surface area contributed by atoms with Gasteiger partial charge >= 0.3 is 5.97 Å². The van der Waals surface area contributed by atoms with Crippen molar-refractivity contribution in [3.63, 3.8) is 0 Å². The molecular formula is C20H23ClN2O3S. The number of carbonyl (C=O) groups is 2. The number of likely N-dealkylation sites (tertiary alicyclic amines) is 1. The van der Waals surface area contributed by atoms with Crippen LogP contribution in [0.3, 0.4) is 0 Å². The second-order valence-corrected chi connectivity index (χ2v) is 8.16. The first-order chi connectivity index (χ1) is 13.0. The van der Waals surface area contributed by atoms with Crippen molar-refractivity contribution in [1.29, 1.82) is 0 Å². The third-order valence-corrected chi connectivity index (χ3v) is 6.06. The Labute approximate surface area is 168 Å². The molecule has 3 rings (SSSR count). The van der Waals surface area contributed by atoms with E-state index < -0.39 is 12.1 Å². The van der Waals surface area contributed by atoms with E-state index in [0.29, 0.717) is 15.6 Å². The third-order valence-electron chi connectivity index (χ3n) is 4.62. The number of carbonyl (C=O) groups excluding carboxylic acids is 2. The van der Waals surface area contributed by atoms with Crippen molar-refractivity contribution in [2.24, 2.45) is 0 Å². The van der Waals surface area contributed by atoms with Crippen molar-refractivity contribution in [2.75, 3.05) is 13.1 Å². The number of aromatic nitrogens is 1. The van der Waals surface area contributed by atoms with E-state index in [1.807, 2.05) is 17.0 Å². The van der Waals surface area contributed by atoms with Gasteiger partial charge in [-0.3, -0.25) is 4.79 Å². The third kappa shape index (κ3) is 4.87. The van der Waals surface area contributed by atoms with Crippen LogP contribution in [0.4, 0.5) is 0 Å². The number of esters is 1. The molecule has 0 aliphatic carbocycles. The Hall–Kier alpha value is -1.92. The summed E-state index contributed by atoms with van der Waals surface area (Å²) < 4.78 is 5.46. The van der Waals surface area contributed by atoms with E-state index in [0.717, 1.165) is 49.3 Å². The Morgan fingerprint density at radius 3 is 2.41 bits per heavy atom. The van der Waals surface area contributed by atoms with Crippen LogP contribution in [0.2, 0.25) is 5.02 Å². The van der Waals surface area contributed by atoms with E-state index in [1.54, 1.807) is 26.0 Å². The molecule has 1 saturated heterocycles. The molecule has 0 radical (unpaired) electrons. The van der Waals surface area contributed by atoms with Crippen molar-refractivity contribution >= 4 is 34.8 Å². The number of halogens is 1. The number of rotatable bonds is 4. The lowest BCUT2D eigenvalue weighted by atomic mass is 10.2. The summed E-state index contributed by atoms with van der Waals surface area (Å²) in [5.74, 6) is -0.619. The Balaban J connectivity index is 1.68. The summed E-state index contributed by atoms with van der Waals surface area (Å²) in [6.07, 6.45) is 3.50. The summed E-state index contributed by atoms with van der Waals surface area (Å²) in [6.45, 7) is 4.89. The average molecular weight is 407 g/mol. The smallest absolute Gasteiger partial charge is 0.351 e. The van der Waals surface area contributed by atoms with Gasteiger partial charge in [0.1, 0.15) is 9.88 Å². The van der Waals surface area contributed by atoms with E-state index in [9.17, 15) is 9.59 Å². The van der Waals surface area contributed by atoms with Gasteiger partial charge in [-0.1, -0.05) is 36.6 Å². The lowest BCUT2D eigenvalue weighted by Crippen LogP contribution is -2.40. The van der Waals surface area contributed by atoms with Crippen LogP contribution in [0.25, 0.3) is 10.6 Å². The monoisotopic (exact) mass is 406 g/mol. The molecule has 0 bridgehead atoms. The first-order valence-corrected chi connectivity index (χ1v) is 10.4. The Bertz CT molecular complexity index is 811. The molecule has 0 N–H and O–H groups in total. The van der Waals surface area contributed by atoms with Gasteiger partial charge in [-0.25, -0.2) is 9.78 Å². The van der Waals surface area contributed by atoms with Gasteiger partial charge in [0, 0.05) is 23.7 Å². The van der Waals surface area contributed by atoms with Crippen LogP contribution in [-0.4, -0.2) is 41.0 Å². The number of hydrogen-bond acceptors (Lipinski definition) is 5. The van der Waals surface area contributed by atoms with E-state index >= 15 is 0 Å². The van der Waals surface area contributed by atoms with Gasteiger partial charge in [0.15, 0.2) is 6.10 Å². The van der Waals surface area contributed by atoms with Crippen molar-refractivity contribution in [2.45, 2.75) is 45.6 Å². The maximum absolute atomic E-state index is 12.6. The topological polar surface area (TPSA) is 59.5 Å². The molecule has 1 unspecified atom stereocenters. The van der Waals surface area contributed by atoms with Crippen LogP contribution < -0.4 is 0 Å². The largest absolute Gasteiger partial charge is 0.448 e. The quantitative estimate of drug-likeness (QED) is 0.689. The minimum absolute atomic E-state index is 0.120. The summed E-state index contributed by atoms with van der Waals surface area (Å²) in [5, 5.41) is 1.37. The molecule has 1 aliphatic rings. The van der Waals surface area contributed by atoms with Gasteiger partial charge in [-0.15, -0.1) is 11.3 Å². The lowest BCUT2D eigenvalue weighted by molar-refractivity contribution is -0.139. The van der Waals surface area contributed by atoms with Crippen molar-refractivity contribution in [1.82, 2.24) is 9.88 Å². The minimum Gasteiger partial charge on any atom is -0.448 e. The van der Waals surface area contributed by atoms with Gasteiger partial charge in [0.05, 0.1) is 5.69 Å². The molecule has 1 aliphatic heterocycles. The number of nitrogens with zero attached hydrogens (tertiary/aromatic N) is 2. The SMILES string of the molecule is Cc1nc(-c2ccc(Cl)cc2)sc1C(=O)OC(C)C(=O)N1CCCCCC1. The Morgan fingerprint density at radius 2 is 1.78 bits per heavy atom. The van der Waals surface area contributed by atoms with Crippen LogP contribution >= 0.6 is 22.9 Å². The zero-order valence-electron chi connectivity index (χ0n) is 15.5. The zero-order valence-corrected chi connectivity index (χ0v) is 17.1. The minimum atomic E-state index is -0.795. The van der Waals surface area contributed by atoms with Gasteiger partial charge < -0.3 is 9.64 Å². The highest BCUT2D eigenvalue weighted by Gasteiger charge is 2.26. The number of benzene rings is 1. The molecule has 5 nitrogen and oxygen atoms in total. The maximum atomic E-state index is 12.6. The molecule has 1 aromatic carbocycles. The van der Waals surface area contributed by atoms with Crippen LogP contribution in [0.5, 0.6) is 0 Å². The van der Waals surface area contributed by atoms with Crippen LogP contribution in [0.1, 0.15) is 48.0 Å². The van der Waals surface area contributed by atoms with Crippen LogP contribution in [0.15, 0.2) is 24.3 Å². The summed E-state index contributed by atoms with van der Waals surface area (Å²) >= 11 is 7.19. The second-order valence-electron chi connectivity index (χ2n) is 6.73. The van der Waals surface area contributed by atoms with Crippen molar-refractivity contribution in [3.8, 4) is 10.6 Å². The number of hydrogen-bond donors (Lipinski definition) is 0. The first kappa shape index (κ1) is 19.8. The van der Waals surface area contributed by atoms with E-state index in [2.05, 4.69) is 4.98 Å².